The second-order valence-electron chi connectivity index (χ2n) is 8.95. The summed E-state index contributed by atoms with van der Waals surface area (Å²) in [4.78, 5) is 37.1. The maximum absolute atomic E-state index is 13.7. The van der Waals surface area contributed by atoms with Gasteiger partial charge in [0.25, 0.3) is 0 Å². The van der Waals surface area contributed by atoms with Crippen molar-refractivity contribution in [2.45, 2.75) is 57.0 Å². The van der Waals surface area contributed by atoms with Crippen molar-refractivity contribution in [2.75, 3.05) is 26.9 Å². The van der Waals surface area contributed by atoms with E-state index in [-0.39, 0.29) is 17.9 Å². The van der Waals surface area contributed by atoms with Gasteiger partial charge in [-0.25, -0.2) is 9.78 Å². The van der Waals surface area contributed by atoms with Gasteiger partial charge in [0.15, 0.2) is 0 Å². The van der Waals surface area contributed by atoms with Crippen molar-refractivity contribution in [3.8, 4) is 10.6 Å². The van der Waals surface area contributed by atoms with Crippen LogP contribution in [0.5, 0.6) is 0 Å². The van der Waals surface area contributed by atoms with Crippen LogP contribution in [0, 0.1) is 5.92 Å². The quantitative estimate of drug-likeness (QED) is 0.596. The second-order valence-corrected chi connectivity index (χ2v) is 11.3. The van der Waals surface area contributed by atoms with Gasteiger partial charge in [0.2, 0.25) is 5.91 Å². The Morgan fingerprint density at radius 1 is 1.27 bits per heavy atom. The second kappa shape index (κ2) is 9.76. The maximum Gasteiger partial charge on any atom is 0.407 e. The third-order valence-corrected chi connectivity index (χ3v) is 9.13. The normalized spacial score (nSPS) is 21.8. The van der Waals surface area contributed by atoms with E-state index in [0.29, 0.717) is 19.8 Å². The van der Waals surface area contributed by atoms with Gasteiger partial charge in [-0.3, -0.25) is 4.79 Å². The van der Waals surface area contributed by atoms with Crippen molar-refractivity contribution < 1.29 is 19.1 Å². The summed E-state index contributed by atoms with van der Waals surface area (Å²) in [6.07, 6.45) is 7.97. The molecule has 2 aliphatic heterocycles. The third-order valence-electron chi connectivity index (χ3n) is 7.07. The highest BCUT2D eigenvalue weighted by molar-refractivity contribution is 9.11. The number of likely N-dealkylation sites (tertiary alicyclic amines) is 1. The molecule has 0 spiro atoms. The zero-order chi connectivity index (χ0) is 22.9. The lowest BCUT2D eigenvalue weighted by Gasteiger charge is -2.34. The zero-order valence-electron chi connectivity index (χ0n) is 18.7. The van der Waals surface area contributed by atoms with E-state index in [4.69, 9.17) is 14.5 Å². The molecule has 2 aromatic heterocycles. The lowest BCUT2D eigenvalue weighted by atomic mass is 9.90. The highest BCUT2D eigenvalue weighted by atomic mass is 79.9. The number of nitrogens with zero attached hydrogens (tertiary/aromatic N) is 2. The Balaban J connectivity index is 1.38. The first-order valence-electron chi connectivity index (χ1n) is 11.6. The predicted octanol–water partition coefficient (Wildman–Crippen LogP) is 4.20. The van der Waals surface area contributed by atoms with Crippen molar-refractivity contribution in [1.82, 2.24) is 20.2 Å². The van der Waals surface area contributed by atoms with Gasteiger partial charge in [-0.05, 0) is 77.9 Å². The number of halogens is 1. The fourth-order valence-electron chi connectivity index (χ4n) is 5.37. The highest BCUT2D eigenvalue weighted by Crippen LogP contribution is 2.44. The molecule has 1 unspecified atom stereocenters. The molecule has 4 heterocycles. The molecule has 5 rings (SSSR count). The largest absolute Gasteiger partial charge is 0.453 e. The first kappa shape index (κ1) is 22.9. The zero-order valence-corrected chi connectivity index (χ0v) is 21.1. The van der Waals surface area contributed by atoms with E-state index >= 15 is 0 Å². The minimum atomic E-state index is -0.618. The van der Waals surface area contributed by atoms with Gasteiger partial charge in [-0.1, -0.05) is 0 Å². The summed E-state index contributed by atoms with van der Waals surface area (Å²) >= 11 is 5.48. The summed E-state index contributed by atoms with van der Waals surface area (Å²) in [5.41, 5.74) is 3.87. The Bertz CT molecular complexity index is 1030. The van der Waals surface area contributed by atoms with E-state index < -0.39 is 12.1 Å². The number of amides is 2. The summed E-state index contributed by atoms with van der Waals surface area (Å²) in [5, 5.41) is 2.81. The Kier molecular flexibility index (Phi) is 6.76. The summed E-state index contributed by atoms with van der Waals surface area (Å²) in [7, 11) is 1.32. The van der Waals surface area contributed by atoms with Crippen LogP contribution >= 0.6 is 27.3 Å². The summed E-state index contributed by atoms with van der Waals surface area (Å²) in [6.45, 7) is 1.86. The first-order chi connectivity index (χ1) is 16.1. The molecular formula is C23H29BrN4O4S. The van der Waals surface area contributed by atoms with Crippen molar-refractivity contribution in [3.05, 3.63) is 26.9 Å². The van der Waals surface area contributed by atoms with Gasteiger partial charge in [0, 0.05) is 19.8 Å². The lowest BCUT2D eigenvalue weighted by molar-refractivity contribution is -0.136. The number of nitrogens with one attached hydrogen (secondary N) is 2. The molecule has 2 atom stereocenters. The fourth-order valence-corrected chi connectivity index (χ4v) is 7.39. The molecule has 1 aliphatic carbocycles. The molecule has 2 N–H and O–H groups in total. The molecule has 3 aliphatic rings. The molecule has 10 heteroatoms. The summed E-state index contributed by atoms with van der Waals surface area (Å²) in [6, 6.07) is -0.739. The Labute approximate surface area is 205 Å². The van der Waals surface area contributed by atoms with Crippen LogP contribution in [-0.2, 0) is 27.1 Å². The van der Waals surface area contributed by atoms with Crippen LogP contribution in [0.4, 0.5) is 4.79 Å². The number of methoxy groups -OCH3 is 1. The third kappa shape index (κ3) is 4.44. The van der Waals surface area contributed by atoms with Crippen LogP contribution in [0.15, 0.2) is 9.98 Å². The number of imidazole rings is 1. The Hall–Kier alpha value is -1.91. The van der Waals surface area contributed by atoms with Crippen molar-refractivity contribution >= 4 is 39.3 Å². The number of rotatable bonds is 5. The number of carbonyl (C=O) groups excluding carboxylic acids is 2. The standard InChI is InChI=1S/C23H29BrN4O4S/c1-31-23(30)27-18(13-7-10-32-11-8-13)22(29)28-9-3-6-17(28)21-25-12-16(26-21)19-14-4-2-5-15(14)20(24)33-19/h12-13,17-18H,2-11H2,1H3,(H,25,26)(H,27,30)/t17-,18?/m0/s1. The van der Waals surface area contributed by atoms with E-state index in [1.165, 1.54) is 33.3 Å². The molecule has 0 saturated carbocycles. The number of aromatic nitrogens is 2. The van der Waals surface area contributed by atoms with Crippen LogP contribution < -0.4 is 5.32 Å². The Morgan fingerprint density at radius 2 is 2.06 bits per heavy atom. The fraction of sp³-hybridized carbons (Fsp3) is 0.609. The van der Waals surface area contributed by atoms with Gasteiger partial charge in [0.05, 0.1) is 33.7 Å². The van der Waals surface area contributed by atoms with E-state index in [2.05, 4.69) is 26.2 Å². The molecule has 0 radical (unpaired) electrons. The highest BCUT2D eigenvalue weighted by Gasteiger charge is 2.40. The van der Waals surface area contributed by atoms with Crippen LogP contribution in [0.25, 0.3) is 10.6 Å². The lowest BCUT2D eigenvalue weighted by Crippen LogP contribution is -2.53. The van der Waals surface area contributed by atoms with Crippen LogP contribution in [0.2, 0.25) is 0 Å². The molecule has 2 amide bonds. The molecular weight excluding hydrogens is 508 g/mol. The Morgan fingerprint density at radius 3 is 2.85 bits per heavy atom. The average molecular weight is 537 g/mol. The van der Waals surface area contributed by atoms with Gasteiger partial charge in [0.1, 0.15) is 11.9 Å². The number of hydrogen-bond acceptors (Lipinski definition) is 6. The van der Waals surface area contributed by atoms with E-state index in [9.17, 15) is 9.59 Å². The van der Waals surface area contributed by atoms with E-state index in [1.807, 2.05) is 11.1 Å². The molecule has 8 nitrogen and oxygen atoms in total. The first-order valence-corrected chi connectivity index (χ1v) is 13.3. The number of fused-ring (bicyclic) bond motifs is 1. The molecule has 178 valence electrons. The molecule has 0 aromatic carbocycles. The molecule has 2 fully saturated rings. The van der Waals surface area contributed by atoms with Gasteiger partial charge >= 0.3 is 6.09 Å². The molecule has 2 aromatic rings. The molecule has 33 heavy (non-hydrogen) atoms. The number of carbonyl (C=O) groups is 2. The minimum Gasteiger partial charge on any atom is -0.453 e. The van der Waals surface area contributed by atoms with Crippen molar-refractivity contribution in [2.24, 2.45) is 5.92 Å². The monoisotopic (exact) mass is 536 g/mol. The number of ether oxygens (including phenoxy) is 2. The maximum atomic E-state index is 13.7. The predicted molar refractivity (Wildman–Crippen MR) is 128 cm³/mol. The van der Waals surface area contributed by atoms with Gasteiger partial charge < -0.3 is 24.7 Å². The molecule has 2 saturated heterocycles. The van der Waals surface area contributed by atoms with Crippen molar-refractivity contribution in [1.29, 1.82) is 0 Å². The number of alkyl carbamates (subject to hydrolysis) is 1. The van der Waals surface area contributed by atoms with Gasteiger partial charge in [-0.15, -0.1) is 11.3 Å². The summed E-state index contributed by atoms with van der Waals surface area (Å²) < 4.78 is 11.5. The van der Waals surface area contributed by atoms with Gasteiger partial charge in [-0.2, -0.15) is 0 Å². The number of hydrogen-bond donors (Lipinski definition) is 2. The van der Waals surface area contributed by atoms with E-state index in [0.717, 1.165) is 50.0 Å². The minimum absolute atomic E-state index is 0.0322. The smallest absolute Gasteiger partial charge is 0.407 e. The molecule has 0 bridgehead atoms. The topological polar surface area (TPSA) is 96.5 Å². The number of aromatic amines is 1. The van der Waals surface area contributed by atoms with Crippen LogP contribution in [-0.4, -0.2) is 59.8 Å². The average Bonchev–Trinajstić information content (AvgIpc) is 3.63. The number of H-pyrrole nitrogens is 1. The van der Waals surface area contributed by atoms with Crippen LogP contribution in [0.1, 0.15) is 55.1 Å². The number of thiophene rings is 1. The van der Waals surface area contributed by atoms with Crippen LogP contribution in [0.3, 0.4) is 0 Å². The SMILES string of the molecule is COC(=O)NC(C(=O)N1CCC[C@H]1c1ncc(-c2sc(Br)c3c2CCC3)[nH]1)C1CCOCC1. The van der Waals surface area contributed by atoms with Crippen molar-refractivity contribution in [3.63, 3.8) is 0 Å². The summed E-state index contributed by atoms with van der Waals surface area (Å²) in [5.74, 6) is 0.785. The van der Waals surface area contributed by atoms with E-state index in [1.54, 1.807) is 11.3 Å².